The summed E-state index contributed by atoms with van der Waals surface area (Å²) in [6.45, 7) is 6.02. The van der Waals surface area contributed by atoms with Gasteiger partial charge < -0.3 is 9.84 Å². The molecule has 0 bridgehead atoms. The van der Waals surface area contributed by atoms with Crippen LogP contribution in [0.5, 0.6) is 11.5 Å². The highest BCUT2D eigenvalue weighted by atomic mass is 16.5. The summed E-state index contributed by atoms with van der Waals surface area (Å²) >= 11 is 0. The van der Waals surface area contributed by atoms with Gasteiger partial charge in [0.05, 0.1) is 5.41 Å². The van der Waals surface area contributed by atoms with Crippen LogP contribution < -0.4 is 4.74 Å². The predicted molar refractivity (Wildman–Crippen MR) is 84.6 cm³/mol. The van der Waals surface area contributed by atoms with Crippen LogP contribution in [0.1, 0.15) is 40.0 Å². The molecule has 0 radical (unpaired) electrons. The molecule has 0 spiro atoms. The normalized spacial score (nSPS) is 13.9. The van der Waals surface area contributed by atoms with Crippen molar-refractivity contribution < 1.29 is 14.6 Å². The van der Waals surface area contributed by atoms with Crippen molar-refractivity contribution in [2.75, 3.05) is 0 Å². The first kappa shape index (κ1) is 15.4. The van der Waals surface area contributed by atoms with Gasteiger partial charge in [-0.15, -0.1) is 0 Å². The van der Waals surface area contributed by atoms with Crippen molar-refractivity contribution in [3.05, 3.63) is 36.4 Å². The molecule has 0 saturated carbocycles. The minimum atomic E-state index is -0.465. The molecule has 0 saturated heterocycles. The zero-order chi connectivity index (χ0) is 15.5. The maximum absolute atomic E-state index is 12.5. The van der Waals surface area contributed by atoms with E-state index in [0.29, 0.717) is 11.1 Å². The zero-order valence-corrected chi connectivity index (χ0v) is 12.8. The van der Waals surface area contributed by atoms with Gasteiger partial charge in [-0.2, -0.15) is 0 Å². The number of carbonyl (C=O) groups is 1. The molecule has 2 aromatic rings. The molecule has 0 heterocycles. The van der Waals surface area contributed by atoms with Crippen LogP contribution in [0.3, 0.4) is 0 Å². The Balaban J connectivity index is 2.36. The minimum absolute atomic E-state index is 0.192. The van der Waals surface area contributed by atoms with E-state index in [9.17, 15) is 9.90 Å². The minimum Gasteiger partial charge on any atom is -0.507 e. The topological polar surface area (TPSA) is 46.5 Å². The fraction of sp³-hybridized carbons (Fsp3) is 0.389. The Kier molecular flexibility index (Phi) is 4.51. The molecule has 3 heteroatoms. The summed E-state index contributed by atoms with van der Waals surface area (Å²) in [4.78, 5) is 12.5. The molecule has 3 nitrogen and oxygen atoms in total. The van der Waals surface area contributed by atoms with Crippen molar-refractivity contribution in [1.29, 1.82) is 0 Å². The second kappa shape index (κ2) is 6.17. The van der Waals surface area contributed by atoms with E-state index in [1.807, 2.05) is 38.1 Å². The van der Waals surface area contributed by atoms with E-state index in [4.69, 9.17) is 4.74 Å². The second-order valence-electron chi connectivity index (χ2n) is 5.68. The van der Waals surface area contributed by atoms with E-state index in [1.54, 1.807) is 12.1 Å². The largest absolute Gasteiger partial charge is 0.507 e. The molecule has 0 aliphatic carbocycles. The Bertz CT molecular complexity index is 648. The molecule has 0 aliphatic rings. The number of hydrogen-bond donors (Lipinski definition) is 1. The highest BCUT2D eigenvalue weighted by molar-refractivity contribution is 5.94. The van der Waals surface area contributed by atoms with Gasteiger partial charge in [-0.1, -0.05) is 44.5 Å². The summed E-state index contributed by atoms with van der Waals surface area (Å²) in [5.41, 5.74) is -0.465. The third-order valence-corrected chi connectivity index (χ3v) is 4.14. The lowest BCUT2D eigenvalue weighted by Gasteiger charge is -2.25. The maximum atomic E-state index is 12.5. The van der Waals surface area contributed by atoms with Gasteiger partial charge in [0, 0.05) is 10.8 Å². The van der Waals surface area contributed by atoms with Crippen molar-refractivity contribution in [3.8, 4) is 11.5 Å². The lowest BCUT2D eigenvalue weighted by molar-refractivity contribution is -0.145. The van der Waals surface area contributed by atoms with Gasteiger partial charge >= 0.3 is 5.97 Å². The highest BCUT2D eigenvalue weighted by Gasteiger charge is 2.32. The van der Waals surface area contributed by atoms with E-state index < -0.39 is 5.41 Å². The first-order valence-electron chi connectivity index (χ1n) is 7.45. The number of carbonyl (C=O) groups excluding carboxylic acids is 1. The van der Waals surface area contributed by atoms with Crippen LogP contribution in [-0.2, 0) is 4.79 Å². The van der Waals surface area contributed by atoms with Crippen LogP contribution in [0.25, 0.3) is 10.8 Å². The van der Waals surface area contributed by atoms with Gasteiger partial charge in [0.25, 0.3) is 0 Å². The summed E-state index contributed by atoms with van der Waals surface area (Å²) in [6, 6.07) is 10.6. The molecule has 1 atom stereocenters. The summed E-state index contributed by atoms with van der Waals surface area (Å²) in [6.07, 6.45) is 2.49. The summed E-state index contributed by atoms with van der Waals surface area (Å²) in [5, 5.41) is 11.3. The van der Waals surface area contributed by atoms with Gasteiger partial charge in [0.1, 0.15) is 11.5 Å². The first-order chi connectivity index (χ1) is 10.0. The number of benzene rings is 2. The maximum Gasteiger partial charge on any atom is 0.317 e. The molecular formula is C18H22O3. The number of hydrogen-bond acceptors (Lipinski definition) is 3. The van der Waals surface area contributed by atoms with Crippen molar-refractivity contribution in [2.24, 2.45) is 5.41 Å². The Labute approximate surface area is 125 Å². The average molecular weight is 286 g/mol. The van der Waals surface area contributed by atoms with E-state index in [0.717, 1.165) is 24.6 Å². The zero-order valence-electron chi connectivity index (χ0n) is 12.8. The lowest BCUT2D eigenvalue weighted by atomic mass is 9.83. The predicted octanol–water partition coefficient (Wildman–Crippen LogP) is 4.67. The molecule has 0 aliphatic heterocycles. The quantitative estimate of drug-likeness (QED) is 0.642. The fourth-order valence-corrected chi connectivity index (χ4v) is 2.54. The third-order valence-electron chi connectivity index (χ3n) is 4.14. The Morgan fingerprint density at radius 2 is 1.81 bits per heavy atom. The van der Waals surface area contributed by atoms with Crippen molar-refractivity contribution in [3.63, 3.8) is 0 Å². The summed E-state index contributed by atoms with van der Waals surface area (Å²) in [7, 11) is 0. The van der Waals surface area contributed by atoms with E-state index in [-0.39, 0.29) is 11.7 Å². The van der Waals surface area contributed by atoms with Gasteiger partial charge in [0.2, 0.25) is 0 Å². The van der Waals surface area contributed by atoms with Crippen LogP contribution in [0, 0.1) is 5.41 Å². The van der Waals surface area contributed by atoms with Crippen LogP contribution >= 0.6 is 0 Å². The van der Waals surface area contributed by atoms with Crippen molar-refractivity contribution in [1.82, 2.24) is 0 Å². The summed E-state index contributed by atoms with van der Waals surface area (Å²) in [5.74, 6) is 0.490. The van der Waals surface area contributed by atoms with Crippen molar-refractivity contribution in [2.45, 2.75) is 40.0 Å². The number of phenolic OH excluding ortho intramolecular Hbond substituents is 1. The van der Waals surface area contributed by atoms with Gasteiger partial charge in [0.15, 0.2) is 0 Å². The smallest absolute Gasteiger partial charge is 0.317 e. The average Bonchev–Trinajstić information content (AvgIpc) is 2.50. The SMILES string of the molecule is CCCC(C)(CC)C(=O)Oc1ccc(O)c2ccccc12. The standard InChI is InChI=1S/C18H22O3/c1-4-12-18(3,5-2)17(20)21-16-11-10-15(19)13-8-6-7-9-14(13)16/h6-11,19H,4-5,12H2,1-3H3. The molecule has 1 unspecified atom stereocenters. The Morgan fingerprint density at radius 3 is 2.43 bits per heavy atom. The number of aromatic hydroxyl groups is 1. The van der Waals surface area contributed by atoms with Crippen LogP contribution in [-0.4, -0.2) is 11.1 Å². The third kappa shape index (κ3) is 3.02. The molecule has 1 N–H and O–H groups in total. The van der Waals surface area contributed by atoms with Crippen LogP contribution in [0.15, 0.2) is 36.4 Å². The molecule has 21 heavy (non-hydrogen) atoms. The van der Waals surface area contributed by atoms with E-state index in [1.165, 1.54) is 0 Å². The molecule has 0 fully saturated rings. The number of esters is 1. The molecule has 0 aromatic heterocycles. The van der Waals surface area contributed by atoms with E-state index in [2.05, 4.69) is 6.92 Å². The van der Waals surface area contributed by atoms with Crippen molar-refractivity contribution >= 4 is 16.7 Å². The Hall–Kier alpha value is -2.03. The fourth-order valence-electron chi connectivity index (χ4n) is 2.54. The first-order valence-corrected chi connectivity index (χ1v) is 7.45. The van der Waals surface area contributed by atoms with E-state index >= 15 is 0 Å². The monoisotopic (exact) mass is 286 g/mol. The van der Waals surface area contributed by atoms with Gasteiger partial charge in [-0.25, -0.2) is 0 Å². The Morgan fingerprint density at radius 1 is 1.14 bits per heavy atom. The molecule has 2 aromatic carbocycles. The number of rotatable bonds is 5. The van der Waals surface area contributed by atoms with Gasteiger partial charge in [-0.3, -0.25) is 4.79 Å². The lowest BCUT2D eigenvalue weighted by Crippen LogP contribution is -2.31. The number of phenols is 1. The molecular weight excluding hydrogens is 264 g/mol. The number of fused-ring (bicyclic) bond motifs is 1. The van der Waals surface area contributed by atoms with Gasteiger partial charge in [-0.05, 0) is 31.9 Å². The molecule has 112 valence electrons. The second-order valence-corrected chi connectivity index (χ2v) is 5.68. The number of ether oxygens (including phenoxy) is 1. The summed E-state index contributed by atoms with van der Waals surface area (Å²) < 4.78 is 5.64. The van der Waals surface area contributed by atoms with Crippen LogP contribution in [0.4, 0.5) is 0 Å². The highest BCUT2D eigenvalue weighted by Crippen LogP contribution is 2.35. The van der Waals surface area contributed by atoms with Crippen LogP contribution in [0.2, 0.25) is 0 Å². The molecule has 0 amide bonds. The molecule has 2 rings (SSSR count).